The summed E-state index contributed by atoms with van der Waals surface area (Å²) in [5.74, 6) is 0.320. The predicted octanol–water partition coefficient (Wildman–Crippen LogP) is 2.55. The van der Waals surface area contributed by atoms with Crippen LogP contribution in [0.3, 0.4) is 0 Å². The molecular formula is C15H24N2O4. The molecule has 1 unspecified atom stereocenters. The minimum atomic E-state index is -0.418. The number of likely N-dealkylation sites (N-methyl/N-ethyl adjacent to an activating group) is 1. The van der Waals surface area contributed by atoms with E-state index in [2.05, 4.69) is 5.32 Å². The predicted molar refractivity (Wildman–Crippen MR) is 81.9 cm³/mol. The maximum atomic E-state index is 11.0. The Bertz CT molecular complexity index is 457. The molecule has 6 heteroatoms. The van der Waals surface area contributed by atoms with Crippen molar-refractivity contribution < 1.29 is 14.4 Å². The number of nitro groups is 1. The first-order valence-corrected chi connectivity index (χ1v) is 7.14. The molecule has 0 fully saturated rings. The Morgan fingerprint density at radius 1 is 1.38 bits per heavy atom. The van der Waals surface area contributed by atoms with Crippen LogP contribution >= 0.6 is 0 Å². The topological polar surface area (TPSA) is 73.6 Å². The van der Waals surface area contributed by atoms with Crippen LogP contribution in [0.5, 0.6) is 5.75 Å². The molecule has 0 heterocycles. The van der Waals surface area contributed by atoms with Crippen molar-refractivity contribution in [3.63, 3.8) is 0 Å². The lowest BCUT2D eigenvalue weighted by Crippen LogP contribution is -2.34. The zero-order chi connectivity index (χ0) is 15.8. The van der Waals surface area contributed by atoms with E-state index in [0.29, 0.717) is 12.4 Å². The molecule has 6 nitrogen and oxygen atoms in total. The van der Waals surface area contributed by atoms with Gasteiger partial charge in [0.25, 0.3) is 0 Å². The molecule has 1 atom stereocenters. The van der Waals surface area contributed by atoms with Gasteiger partial charge in [-0.25, -0.2) is 0 Å². The molecular weight excluding hydrogens is 272 g/mol. The van der Waals surface area contributed by atoms with E-state index in [4.69, 9.17) is 9.47 Å². The summed E-state index contributed by atoms with van der Waals surface area (Å²) in [5.41, 5.74) is 0.985. The number of rotatable bonds is 9. The number of hydrogen-bond donors (Lipinski definition) is 1. The van der Waals surface area contributed by atoms with Crippen LogP contribution in [-0.4, -0.2) is 37.3 Å². The molecule has 21 heavy (non-hydrogen) atoms. The smallest absolute Gasteiger partial charge is 0.310 e. The minimum absolute atomic E-state index is 0.000748. The molecule has 0 amide bonds. The Hall–Kier alpha value is -1.66. The third kappa shape index (κ3) is 5.69. The molecule has 0 saturated carbocycles. The molecule has 118 valence electrons. The Balaban J connectivity index is 2.95. The van der Waals surface area contributed by atoms with E-state index in [1.165, 1.54) is 6.07 Å². The molecule has 0 bridgehead atoms. The van der Waals surface area contributed by atoms with Gasteiger partial charge in [-0.2, -0.15) is 0 Å². The number of ether oxygens (including phenoxy) is 2. The van der Waals surface area contributed by atoms with E-state index in [-0.39, 0.29) is 17.8 Å². The number of nitrogens with one attached hydrogen (secondary N) is 1. The lowest BCUT2D eigenvalue weighted by atomic mass is 10.1. The van der Waals surface area contributed by atoms with Gasteiger partial charge in [0, 0.05) is 19.2 Å². The zero-order valence-electron chi connectivity index (χ0n) is 13.1. The van der Waals surface area contributed by atoms with E-state index in [1.807, 2.05) is 20.8 Å². The van der Waals surface area contributed by atoms with Crippen LogP contribution in [0.25, 0.3) is 0 Å². The van der Waals surface area contributed by atoms with Crippen LogP contribution in [0.15, 0.2) is 18.2 Å². The highest BCUT2D eigenvalue weighted by molar-refractivity contribution is 5.48. The van der Waals surface area contributed by atoms with Gasteiger partial charge >= 0.3 is 5.69 Å². The summed E-state index contributed by atoms with van der Waals surface area (Å²) in [7, 11) is 1.66. The van der Waals surface area contributed by atoms with Gasteiger partial charge in [-0.05, 0) is 38.4 Å². The molecule has 0 saturated heterocycles. The molecule has 1 aromatic rings. The first kappa shape index (κ1) is 17.4. The SMILES string of the molecule is CCNC(COC)Cc1ccc([N+](=O)[O-])c(OC(C)C)c1. The largest absolute Gasteiger partial charge is 0.484 e. The van der Waals surface area contributed by atoms with E-state index in [0.717, 1.165) is 18.5 Å². The molecule has 0 aliphatic rings. The Morgan fingerprint density at radius 2 is 2.10 bits per heavy atom. The van der Waals surface area contributed by atoms with Gasteiger partial charge in [0.1, 0.15) is 0 Å². The fourth-order valence-electron chi connectivity index (χ4n) is 2.15. The zero-order valence-corrected chi connectivity index (χ0v) is 13.1. The molecule has 0 spiro atoms. The van der Waals surface area contributed by atoms with Crippen molar-refractivity contribution in [2.45, 2.75) is 39.3 Å². The molecule has 0 aliphatic carbocycles. The second kappa shape index (κ2) is 8.59. The number of nitro benzene ring substituents is 1. The number of methoxy groups -OCH3 is 1. The van der Waals surface area contributed by atoms with Gasteiger partial charge < -0.3 is 14.8 Å². The van der Waals surface area contributed by atoms with Crippen molar-refractivity contribution in [1.29, 1.82) is 0 Å². The van der Waals surface area contributed by atoms with Crippen molar-refractivity contribution in [3.05, 3.63) is 33.9 Å². The summed E-state index contributed by atoms with van der Waals surface area (Å²) in [6.45, 7) is 7.17. The number of hydrogen-bond acceptors (Lipinski definition) is 5. The van der Waals surface area contributed by atoms with Crippen LogP contribution in [0.1, 0.15) is 26.3 Å². The van der Waals surface area contributed by atoms with Gasteiger partial charge in [0.2, 0.25) is 0 Å². The molecule has 1 aromatic carbocycles. The maximum absolute atomic E-state index is 11.0. The van der Waals surface area contributed by atoms with Gasteiger partial charge in [0.05, 0.1) is 17.6 Å². The molecule has 0 radical (unpaired) electrons. The van der Waals surface area contributed by atoms with E-state index in [9.17, 15) is 10.1 Å². The van der Waals surface area contributed by atoms with Gasteiger partial charge in [-0.1, -0.05) is 13.0 Å². The lowest BCUT2D eigenvalue weighted by molar-refractivity contribution is -0.386. The van der Waals surface area contributed by atoms with Crippen LogP contribution in [-0.2, 0) is 11.2 Å². The number of benzene rings is 1. The maximum Gasteiger partial charge on any atom is 0.310 e. The van der Waals surface area contributed by atoms with Crippen molar-refractivity contribution in [3.8, 4) is 5.75 Å². The summed E-state index contributed by atoms with van der Waals surface area (Å²) in [5, 5.41) is 14.4. The van der Waals surface area contributed by atoms with E-state index < -0.39 is 4.92 Å². The highest BCUT2D eigenvalue weighted by Crippen LogP contribution is 2.29. The highest BCUT2D eigenvalue weighted by Gasteiger charge is 2.18. The van der Waals surface area contributed by atoms with Crippen molar-refractivity contribution in [2.75, 3.05) is 20.3 Å². The molecule has 1 rings (SSSR count). The standard InChI is InChI=1S/C15H24N2O4/c1-5-16-13(10-20-4)8-12-6-7-14(17(18)19)15(9-12)21-11(2)3/h6-7,9,11,13,16H,5,8,10H2,1-4H3. The highest BCUT2D eigenvalue weighted by atomic mass is 16.6. The molecule has 0 aromatic heterocycles. The third-order valence-corrected chi connectivity index (χ3v) is 2.93. The Labute approximate surface area is 125 Å². The quantitative estimate of drug-likeness (QED) is 0.560. The third-order valence-electron chi connectivity index (χ3n) is 2.93. The second-order valence-electron chi connectivity index (χ2n) is 5.14. The number of nitrogens with zero attached hydrogens (tertiary/aromatic N) is 1. The summed E-state index contributed by atoms with van der Waals surface area (Å²) in [6.07, 6.45) is 0.621. The van der Waals surface area contributed by atoms with Gasteiger partial charge in [0.15, 0.2) is 5.75 Å². The average Bonchev–Trinajstić information content (AvgIpc) is 2.38. The van der Waals surface area contributed by atoms with Crippen molar-refractivity contribution >= 4 is 5.69 Å². The van der Waals surface area contributed by atoms with E-state index in [1.54, 1.807) is 19.2 Å². The summed E-state index contributed by atoms with van der Waals surface area (Å²) in [6, 6.07) is 5.19. The van der Waals surface area contributed by atoms with E-state index >= 15 is 0 Å². The van der Waals surface area contributed by atoms with Crippen molar-refractivity contribution in [1.82, 2.24) is 5.32 Å². The average molecular weight is 296 g/mol. The van der Waals surface area contributed by atoms with Gasteiger partial charge in [-0.15, -0.1) is 0 Å². The van der Waals surface area contributed by atoms with Crippen LogP contribution < -0.4 is 10.1 Å². The molecule has 1 N–H and O–H groups in total. The monoisotopic (exact) mass is 296 g/mol. The lowest BCUT2D eigenvalue weighted by Gasteiger charge is -2.18. The molecule has 0 aliphatic heterocycles. The van der Waals surface area contributed by atoms with Crippen LogP contribution in [0, 0.1) is 10.1 Å². The Kier molecular flexibility index (Phi) is 7.11. The fourth-order valence-corrected chi connectivity index (χ4v) is 2.15. The fraction of sp³-hybridized carbons (Fsp3) is 0.600. The first-order valence-electron chi connectivity index (χ1n) is 7.14. The summed E-state index contributed by atoms with van der Waals surface area (Å²) < 4.78 is 10.7. The summed E-state index contributed by atoms with van der Waals surface area (Å²) in [4.78, 5) is 10.6. The Morgan fingerprint density at radius 3 is 2.62 bits per heavy atom. The minimum Gasteiger partial charge on any atom is -0.484 e. The van der Waals surface area contributed by atoms with Gasteiger partial charge in [-0.3, -0.25) is 10.1 Å². The van der Waals surface area contributed by atoms with Crippen LogP contribution in [0.4, 0.5) is 5.69 Å². The van der Waals surface area contributed by atoms with Crippen LogP contribution in [0.2, 0.25) is 0 Å². The summed E-state index contributed by atoms with van der Waals surface area (Å²) >= 11 is 0. The second-order valence-corrected chi connectivity index (χ2v) is 5.14. The first-order chi connectivity index (χ1) is 9.97. The van der Waals surface area contributed by atoms with Crippen molar-refractivity contribution in [2.24, 2.45) is 0 Å². The normalized spacial score (nSPS) is 12.4.